The lowest BCUT2D eigenvalue weighted by molar-refractivity contribution is -0.134. The van der Waals surface area contributed by atoms with Crippen molar-refractivity contribution in [3.8, 4) is 0 Å². The molecule has 2 bridgehead atoms. The number of ether oxygens (including phenoxy) is 2. The van der Waals surface area contributed by atoms with E-state index < -0.39 is 5.60 Å². The number of methoxy groups -OCH3 is 1. The highest BCUT2D eigenvalue weighted by atomic mass is 16.6. The van der Waals surface area contributed by atoms with Gasteiger partial charge in [0.2, 0.25) is 0 Å². The lowest BCUT2D eigenvalue weighted by Crippen LogP contribution is -2.36. The number of fused-ring (bicyclic) bond motifs is 8. The number of hydrogen-bond donors (Lipinski definition) is 0. The van der Waals surface area contributed by atoms with Crippen LogP contribution < -0.4 is 0 Å². The van der Waals surface area contributed by atoms with Gasteiger partial charge in [0, 0.05) is 17.9 Å². The van der Waals surface area contributed by atoms with Crippen LogP contribution in [0.15, 0.2) is 35.9 Å². The van der Waals surface area contributed by atoms with Crippen LogP contribution in [0.1, 0.15) is 44.0 Å². The fraction of sp³-hybridized carbons (Fsp3) is 0.474. The first kappa shape index (κ1) is 15.2. The molecule has 0 spiro atoms. The molecule has 0 N–H and O–H groups in total. The molecule has 126 valence electrons. The average molecular weight is 327 g/mol. The summed E-state index contributed by atoms with van der Waals surface area (Å²) in [5.41, 5.74) is 2.90. The summed E-state index contributed by atoms with van der Waals surface area (Å²) >= 11 is 0. The minimum atomic E-state index is -0.528. The first-order valence-corrected chi connectivity index (χ1v) is 8.23. The molecule has 1 aromatic carbocycles. The van der Waals surface area contributed by atoms with E-state index in [-0.39, 0.29) is 36.0 Å². The van der Waals surface area contributed by atoms with Crippen LogP contribution in [0, 0.1) is 11.8 Å². The van der Waals surface area contributed by atoms with Gasteiger partial charge in [-0.15, -0.1) is 0 Å². The zero-order chi connectivity index (χ0) is 17.2. The molecule has 4 rings (SSSR count). The molecule has 0 aromatic heterocycles. The SMILES string of the molecule is COC(=O)C=C1C2[C@@H]1[C@@H]1c3ccccc3[C@H]2N1C(=O)OC(C)(C)C. The normalized spacial score (nSPS) is 30.8. The molecule has 5 heteroatoms. The largest absolute Gasteiger partial charge is 0.466 e. The van der Waals surface area contributed by atoms with Gasteiger partial charge in [0.05, 0.1) is 19.2 Å². The predicted molar refractivity (Wildman–Crippen MR) is 87.1 cm³/mol. The molecule has 1 aliphatic carbocycles. The number of benzene rings is 1. The Labute approximate surface area is 141 Å². The first-order chi connectivity index (χ1) is 11.3. The van der Waals surface area contributed by atoms with Crippen LogP contribution in [0.25, 0.3) is 0 Å². The number of rotatable bonds is 1. The summed E-state index contributed by atoms with van der Waals surface area (Å²) in [5.74, 6) is 0.0831. The second kappa shape index (κ2) is 4.85. The third-order valence-corrected chi connectivity index (χ3v) is 5.05. The predicted octanol–water partition coefficient (Wildman–Crippen LogP) is 3.38. The summed E-state index contributed by atoms with van der Waals surface area (Å²) in [6.45, 7) is 5.62. The average Bonchev–Trinajstić information content (AvgIpc) is 2.96. The zero-order valence-electron chi connectivity index (χ0n) is 14.3. The Bertz CT molecular complexity index is 722. The van der Waals surface area contributed by atoms with E-state index in [4.69, 9.17) is 9.47 Å². The van der Waals surface area contributed by atoms with E-state index in [9.17, 15) is 9.59 Å². The van der Waals surface area contributed by atoms with Crippen molar-refractivity contribution >= 4 is 12.1 Å². The minimum Gasteiger partial charge on any atom is -0.466 e. The molecule has 1 aromatic rings. The number of esters is 1. The van der Waals surface area contributed by atoms with Crippen LogP contribution in [0.4, 0.5) is 4.79 Å². The summed E-state index contributed by atoms with van der Waals surface area (Å²) < 4.78 is 10.4. The smallest absolute Gasteiger partial charge is 0.411 e. The number of piperidine rings is 1. The third-order valence-electron chi connectivity index (χ3n) is 5.05. The van der Waals surface area contributed by atoms with Crippen LogP contribution in [0.3, 0.4) is 0 Å². The van der Waals surface area contributed by atoms with Gasteiger partial charge in [-0.05, 0) is 31.9 Å². The molecule has 24 heavy (non-hydrogen) atoms. The summed E-state index contributed by atoms with van der Waals surface area (Å²) in [7, 11) is 1.38. The monoisotopic (exact) mass is 327 g/mol. The molecule has 2 fully saturated rings. The maximum Gasteiger partial charge on any atom is 0.411 e. The van der Waals surface area contributed by atoms with E-state index in [0.717, 1.165) is 5.57 Å². The standard InChI is InChI=1S/C19H21NO4/c1-19(2,3)24-18(22)20-16-10-7-5-6-8-11(10)17(20)15-12(14(15)16)9-13(21)23-4/h5-9,14-17H,1-4H3/t14-,15?,16+,17-/m1/s1. The Hall–Kier alpha value is -2.30. The molecule has 2 aliphatic heterocycles. The van der Waals surface area contributed by atoms with Crippen molar-refractivity contribution in [2.24, 2.45) is 11.8 Å². The van der Waals surface area contributed by atoms with E-state index in [1.54, 1.807) is 6.08 Å². The van der Waals surface area contributed by atoms with Crippen LogP contribution in [-0.4, -0.2) is 29.7 Å². The molecule has 1 amide bonds. The van der Waals surface area contributed by atoms with Crippen LogP contribution in [0.2, 0.25) is 0 Å². The van der Waals surface area contributed by atoms with Gasteiger partial charge in [0.15, 0.2) is 0 Å². The second-order valence-electron chi connectivity index (χ2n) is 7.63. The maximum absolute atomic E-state index is 12.7. The molecule has 1 saturated carbocycles. The number of nitrogens with zero attached hydrogens (tertiary/aromatic N) is 1. The molecule has 4 atom stereocenters. The number of hydrogen-bond acceptors (Lipinski definition) is 4. The highest BCUT2D eigenvalue weighted by Crippen LogP contribution is 2.73. The summed E-state index contributed by atoms with van der Waals surface area (Å²) in [6.07, 6.45) is 1.31. The number of carbonyl (C=O) groups excluding carboxylic acids is 2. The van der Waals surface area contributed by atoms with Crippen molar-refractivity contribution in [2.75, 3.05) is 7.11 Å². The molecule has 3 aliphatic rings. The zero-order valence-corrected chi connectivity index (χ0v) is 14.3. The molecule has 0 radical (unpaired) electrons. The number of carbonyl (C=O) groups is 2. The summed E-state index contributed by atoms with van der Waals surface area (Å²) in [4.78, 5) is 26.2. The summed E-state index contributed by atoms with van der Waals surface area (Å²) in [5, 5.41) is 0. The second-order valence-corrected chi connectivity index (χ2v) is 7.63. The maximum atomic E-state index is 12.7. The Morgan fingerprint density at radius 2 is 1.62 bits per heavy atom. The molecule has 2 heterocycles. The Morgan fingerprint density at radius 3 is 2.08 bits per heavy atom. The van der Waals surface area contributed by atoms with E-state index in [1.165, 1.54) is 18.2 Å². The molecular formula is C19H21NO4. The highest BCUT2D eigenvalue weighted by Gasteiger charge is 2.69. The first-order valence-electron chi connectivity index (χ1n) is 8.23. The Kier molecular flexibility index (Phi) is 3.08. The van der Waals surface area contributed by atoms with Gasteiger partial charge in [-0.1, -0.05) is 29.8 Å². The minimum absolute atomic E-state index is 0.0399. The van der Waals surface area contributed by atoms with Crippen molar-refractivity contribution in [1.82, 2.24) is 4.90 Å². The van der Waals surface area contributed by atoms with Gasteiger partial charge in [-0.3, -0.25) is 4.90 Å². The van der Waals surface area contributed by atoms with Gasteiger partial charge >= 0.3 is 12.1 Å². The molecular weight excluding hydrogens is 306 g/mol. The van der Waals surface area contributed by atoms with Crippen molar-refractivity contribution in [2.45, 2.75) is 38.5 Å². The number of amides is 1. The van der Waals surface area contributed by atoms with Gasteiger partial charge in [0.1, 0.15) is 5.60 Å². The fourth-order valence-electron chi connectivity index (χ4n) is 4.27. The third kappa shape index (κ3) is 2.07. The van der Waals surface area contributed by atoms with E-state index in [2.05, 4.69) is 12.1 Å². The van der Waals surface area contributed by atoms with Gasteiger partial charge in [0.25, 0.3) is 0 Å². The Balaban J connectivity index is 1.69. The van der Waals surface area contributed by atoms with E-state index >= 15 is 0 Å². The molecule has 5 nitrogen and oxygen atoms in total. The van der Waals surface area contributed by atoms with Crippen LogP contribution in [0.5, 0.6) is 0 Å². The van der Waals surface area contributed by atoms with Crippen LogP contribution in [-0.2, 0) is 14.3 Å². The lowest BCUT2D eigenvalue weighted by atomic mass is 9.92. The van der Waals surface area contributed by atoms with E-state index in [0.29, 0.717) is 0 Å². The Morgan fingerprint density at radius 1 is 1.08 bits per heavy atom. The quantitative estimate of drug-likeness (QED) is 0.586. The molecule has 1 saturated heterocycles. The van der Waals surface area contributed by atoms with Crippen molar-refractivity contribution in [3.05, 3.63) is 47.0 Å². The molecule has 1 unspecified atom stereocenters. The van der Waals surface area contributed by atoms with Crippen LogP contribution >= 0.6 is 0 Å². The van der Waals surface area contributed by atoms with Crippen molar-refractivity contribution < 1.29 is 19.1 Å². The highest BCUT2D eigenvalue weighted by molar-refractivity contribution is 5.85. The van der Waals surface area contributed by atoms with Gasteiger partial charge in [-0.25, -0.2) is 9.59 Å². The topological polar surface area (TPSA) is 55.8 Å². The lowest BCUT2D eigenvalue weighted by Gasteiger charge is -2.29. The van der Waals surface area contributed by atoms with Gasteiger partial charge < -0.3 is 9.47 Å². The summed E-state index contributed by atoms with van der Waals surface area (Å²) in [6, 6.07) is 8.05. The van der Waals surface area contributed by atoms with Crippen molar-refractivity contribution in [1.29, 1.82) is 0 Å². The van der Waals surface area contributed by atoms with E-state index in [1.807, 2.05) is 37.8 Å². The fourth-order valence-corrected chi connectivity index (χ4v) is 4.27. The van der Waals surface area contributed by atoms with Crippen molar-refractivity contribution in [3.63, 3.8) is 0 Å². The van der Waals surface area contributed by atoms with Gasteiger partial charge in [-0.2, -0.15) is 0 Å².